The van der Waals surface area contributed by atoms with Gasteiger partial charge < -0.3 is 19.5 Å². The van der Waals surface area contributed by atoms with Crippen molar-refractivity contribution in [2.24, 2.45) is 7.05 Å². The van der Waals surface area contributed by atoms with Gasteiger partial charge in [0.25, 0.3) is 5.91 Å². The van der Waals surface area contributed by atoms with Crippen LogP contribution in [-0.4, -0.2) is 36.6 Å². The average molecular weight is 405 g/mol. The van der Waals surface area contributed by atoms with E-state index in [1.54, 1.807) is 12.0 Å². The van der Waals surface area contributed by atoms with Crippen LogP contribution in [-0.2, 0) is 18.3 Å². The van der Waals surface area contributed by atoms with E-state index in [2.05, 4.69) is 36.5 Å². The molecule has 0 atom stereocenters. The second-order valence-electron chi connectivity index (χ2n) is 7.78. The zero-order chi connectivity index (χ0) is 21.3. The summed E-state index contributed by atoms with van der Waals surface area (Å²) in [6.07, 6.45) is 2.06. The molecule has 6 heteroatoms. The Morgan fingerprint density at radius 3 is 2.60 bits per heavy atom. The van der Waals surface area contributed by atoms with E-state index in [0.29, 0.717) is 36.6 Å². The fourth-order valence-electron chi connectivity index (χ4n) is 4.11. The first-order chi connectivity index (χ1) is 14.5. The average Bonchev–Trinajstić information content (AvgIpc) is 3.29. The molecule has 1 saturated heterocycles. The van der Waals surface area contributed by atoms with Gasteiger partial charge in [0.15, 0.2) is 0 Å². The number of hydrogen-bond acceptors (Lipinski definition) is 3. The monoisotopic (exact) mass is 405 g/mol. The minimum absolute atomic E-state index is 0.0547. The van der Waals surface area contributed by atoms with Crippen molar-refractivity contribution in [1.29, 1.82) is 0 Å². The summed E-state index contributed by atoms with van der Waals surface area (Å²) in [5, 5.41) is 3.90. The number of nitrogens with zero attached hydrogens (tertiary/aromatic N) is 2. The molecule has 1 fully saturated rings. The van der Waals surface area contributed by atoms with Crippen LogP contribution >= 0.6 is 0 Å². The lowest BCUT2D eigenvalue weighted by Crippen LogP contribution is -2.31. The van der Waals surface area contributed by atoms with Crippen LogP contribution in [0.1, 0.15) is 34.5 Å². The molecule has 2 aromatic carbocycles. The molecule has 1 aliphatic rings. The van der Waals surface area contributed by atoms with Gasteiger partial charge in [-0.1, -0.05) is 29.8 Å². The summed E-state index contributed by atoms with van der Waals surface area (Å²) in [5.41, 5.74) is 4.49. The number of anilines is 1. The van der Waals surface area contributed by atoms with E-state index in [0.717, 1.165) is 23.7 Å². The van der Waals surface area contributed by atoms with E-state index in [-0.39, 0.29) is 11.8 Å². The van der Waals surface area contributed by atoms with Gasteiger partial charge in [-0.2, -0.15) is 0 Å². The van der Waals surface area contributed by atoms with Crippen molar-refractivity contribution in [3.05, 3.63) is 59.3 Å². The zero-order valence-electron chi connectivity index (χ0n) is 17.7. The second kappa shape index (κ2) is 8.22. The van der Waals surface area contributed by atoms with Crippen molar-refractivity contribution in [2.75, 3.05) is 25.1 Å². The lowest BCUT2D eigenvalue weighted by molar-refractivity contribution is -0.117. The molecule has 156 valence electrons. The molecule has 0 spiro atoms. The van der Waals surface area contributed by atoms with Crippen LogP contribution in [0.3, 0.4) is 0 Å². The first kappa shape index (κ1) is 20.0. The lowest BCUT2D eigenvalue weighted by Gasteiger charge is -2.18. The number of amides is 2. The van der Waals surface area contributed by atoms with Gasteiger partial charge in [0, 0.05) is 31.9 Å². The highest BCUT2D eigenvalue weighted by Gasteiger charge is 2.31. The maximum Gasteiger partial charge on any atom is 0.270 e. The van der Waals surface area contributed by atoms with E-state index in [9.17, 15) is 9.59 Å². The molecule has 1 aliphatic heterocycles. The standard InChI is InChI=1S/C24H27N3O3/c1-16-6-8-17(9-7-16)12-13-25-24(29)23-22(27-14-4-5-21(27)28)19-15-18(30-3)10-11-20(19)26(23)2/h6-11,15H,4-5,12-14H2,1-3H3,(H,25,29). The maximum atomic E-state index is 13.2. The molecule has 2 amide bonds. The Hall–Kier alpha value is -3.28. The van der Waals surface area contributed by atoms with Crippen molar-refractivity contribution in [2.45, 2.75) is 26.2 Å². The number of aryl methyl sites for hydroxylation is 2. The highest BCUT2D eigenvalue weighted by Crippen LogP contribution is 2.37. The lowest BCUT2D eigenvalue weighted by atomic mass is 10.1. The fourth-order valence-corrected chi connectivity index (χ4v) is 4.11. The second-order valence-corrected chi connectivity index (χ2v) is 7.78. The molecule has 0 radical (unpaired) electrons. The van der Waals surface area contributed by atoms with Crippen LogP contribution in [0.25, 0.3) is 10.9 Å². The van der Waals surface area contributed by atoms with Gasteiger partial charge in [0.05, 0.1) is 18.3 Å². The number of ether oxygens (including phenoxy) is 1. The Labute approximate surface area is 176 Å². The predicted molar refractivity (Wildman–Crippen MR) is 118 cm³/mol. The number of carbonyl (C=O) groups excluding carboxylic acids is 2. The highest BCUT2D eigenvalue weighted by molar-refractivity contribution is 6.14. The topological polar surface area (TPSA) is 63.6 Å². The minimum atomic E-state index is -0.172. The van der Waals surface area contributed by atoms with Crippen molar-refractivity contribution in [3.8, 4) is 5.75 Å². The number of hydrogen-bond donors (Lipinski definition) is 1. The Bertz CT molecular complexity index is 1100. The SMILES string of the molecule is COc1ccc2c(c1)c(N1CCCC1=O)c(C(=O)NCCc1ccc(C)cc1)n2C. The molecule has 1 N–H and O–H groups in total. The van der Waals surface area contributed by atoms with Crippen LogP contribution in [0.5, 0.6) is 5.75 Å². The summed E-state index contributed by atoms with van der Waals surface area (Å²) < 4.78 is 7.26. The van der Waals surface area contributed by atoms with Gasteiger partial charge in [-0.05, 0) is 43.5 Å². The molecule has 0 bridgehead atoms. The summed E-state index contributed by atoms with van der Waals surface area (Å²) in [6.45, 7) is 3.21. The molecule has 0 saturated carbocycles. The van der Waals surface area contributed by atoms with E-state index >= 15 is 0 Å². The van der Waals surface area contributed by atoms with Gasteiger partial charge in [-0.15, -0.1) is 0 Å². The Kier molecular flexibility index (Phi) is 5.48. The minimum Gasteiger partial charge on any atom is -0.497 e. The Morgan fingerprint density at radius 2 is 1.93 bits per heavy atom. The molecular formula is C24H27N3O3. The number of nitrogens with one attached hydrogen (secondary N) is 1. The van der Waals surface area contributed by atoms with Gasteiger partial charge in [-0.3, -0.25) is 9.59 Å². The first-order valence-corrected chi connectivity index (χ1v) is 10.3. The number of aromatic nitrogens is 1. The molecule has 6 nitrogen and oxygen atoms in total. The quantitative estimate of drug-likeness (QED) is 0.682. The Morgan fingerprint density at radius 1 is 1.17 bits per heavy atom. The summed E-state index contributed by atoms with van der Waals surface area (Å²) >= 11 is 0. The van der Waals surface area contributed by atoms with Crippen LogP contribution < -0.4 is 15.0 Å². The molecule has 3 aromatic rings. The third-order valence-corrected chi connectivity index (χ3v) is 5.76. The fraction of sp³-hybridized carbons (Fsp3) is 0.333. The van der Waals surface area contributed by atoms with Crippen LogP contribution in [0, 0.1) is 6.92 Å². The van der Waals surface area contributed by atoms with Crippen molar-refractivity contribution in [3.63, 3.8) is 0 Å². The van der Waals surface area contributed by atoms with Crippen LogP contribution in [0.15, 0.2) is 42.5 Å². The molecule has 0 aliphatic carbocycles. The van der Waals surface area contributed by atoms with Gasteiger partial charge in [0.2, 0.25) is 5.91 Å². The van der Waals surface area contributed by atoms with E-state index < -0.39 is 0 Å². The molecule has 2 heterocycles. The molecular weight excluding hydrogens is 378 g/mol. The van der Waals surface area contributed by atoms with Crippen LogP contribution in [0.2, 0.25) is 0 Å². The summed E-state index contributed by atoms with van der Waals surface area (Å²) in [5.74, 6) is 0.584. The van der Waals surface area contributed by atoms with Gasteiger partial charge in [0.1, 0.15) is 11.4 Å². The molecule has 30 heavy (non-hydrogen) atoms. The number of rotatable bonds is 6. The summed E-state index contributed by atoms with van der Waals surface area (Å²) in [6, 6.07) is 14.0. The zero-order valence-corrected chi connectivity index (χ0v) is 17.7. The number of methoxy groups -OCH3 is 1. The molecule has 1 aromatic heterocycles. The van der Waals surface area contributed by atoms with E-state index in [1.807, 2.05) is 29.8 Å². The Balaban J connectivity index is 1.66. The predicted octanol–water partition coefficient (Wildman–Crippen LogP) is 3.59. The number of benzene rings is 2. The smallest absolute Gasteiger partial charge is 0.270 e. The molecule has 0 unspecified atom stereocenters. The van der Waals surface area contributed by atoms with Crippen molar-refractivity contribution in [1.82, 2.24) is 9.88 Å². The van der Waals surface area contributed by atoms with Gasteiger partial charge in [-0.25, -0.2) is 0 Å². The normalized spacial score (nSPS) is 13.8. The van der Waals surface area contributed by atoms with Crippen molar-refractivity contribution >= 4 is 28.4 Å². The third kappa shape index (κ3) is 3.65. The number of fused-ring (bicyclic) bond motifs is 1. The first-order valence-electron chi connectivity index (χ1n) is 10.3. The largest absolute Gasteiger partial charge is 0.497 e. The maximum absolute atomic E-state index is 13.2. The van der Waals surface area contributed by atoms with E-state index in [1.165, 1.54) is 11.1 Å². The molecule has 4 rings (SSSR count). The van der Waals surface area contributed by atoms with Crippen molar-refractivity contribution < 1.29 is 14.3 Å². The highest BCUT2D eigenvalue weighted by atomic mass is 16.5. The summed E-state index contributed by atoms with van der Waals surface area (Å²) in [7, 11) is 3.48. The third-order valence-electron chi connectivity index (χ3n) is 5.76. The summed E-state index contributed by atoms with van der Waals surface area (Å²) in [4.78, 5) is 27.5. The number of carbonyl (C=O) groups is 2. The van der Waals surface area contributed by atoms with Crippen LogP contribution in [0.4, 0.5) is 5.69 Å². The van der Waals surface area contributed by atoms with E-state index in [4.69, 9.17) is 4.74 Å². The van der Waals surface area contributed by atoms with Gasteiger partial charge >= 0.3 is 0 Å².